The molecule has 19 heavy (non-hydrogen) atoms. The molecule has 1 aromatic carbocycles. The summed E-state index contributed by atoms with van der Waals surface area (Å²) in [6.45, 7) is 0.942. The van der Waals surface area contributed by atoms with Gasteiger partial charge in [-0.05, 0) is 31.5 Å². The summed E-state index contributed by atoms with van der Waals surface area (Å²) in [5.74, 6) is 0. The summed E-state index contributed by atoms with van der Waals surface area (Å²) in [6, 6.07) is 9.98. The molecule has 0 radical (unpaired) electrons. The average molecular weight is 272 g/mol. The highest BCUT2D eigenvalue weighted by molar-refractivity contribution is 5.16. The fourth-order valence-corrected chi connectivity index (χ4v) is 2.51. The lowest BCUT2D eigenvalue weighted by molar-refractivity contribution is -0.146. The largest absolute Gasteiger partial charge is 0.401 e. The number of rotatable bonds is 3. The van der Waals surface area contributed by atoms with Crippen LogP contribution in [0.1, 0.15) is 12.0 Å². The number of hydrogen-bond acceptors (Lipinski definition) is 2. The van der Waals surface area contributed by atoms with Crippen molar-refractivity contribution in [1.82, 2.24) is 10.2 Å². The van der Waals surface area contributed by atoms with E-state index in [9.17, 15) is 13.2 Å². The Morgan fingerprint density at radius 3 is 2.63 bits per heavy atom. The number of halogens is 3. The molecule has 1 aliphatic rings. The molecule has 2 nitrogen and oxygen atoms in total. The molecule has 0 aromatic heterocycles. The van der Waals surface area contributed by atoms with Crippen molar-refractivity contribution < 1.29 is 13.2 Å². The Morgan fingerprint density at radius 2 is 1.95 bits per heavy atom. The van der Waals surface area contributed by atoms with Crippen molar-refractivity contribution in [3.63, 3.8) is 0 Å². The van der Waals surface area contributed by atoms with E-state index in [4.69, 9.17) is 0 Å². The molecule has 5 heteroatoms. The molecule has 0 saturated carbocycles. The van der Waals surface area contributed by atoms with Gasteiger partial charge in [0.2, 0.25) is 0 Å². The van der Waals surface area contributed by atoms with Crippen molar-refractivity contribution in [3.05, 3.63) is 35.9 Å². The van der Waals surface area contributed by atoms with E-state index in [0.717, 1.165) is 24.9 Å². The third-order valence-corrected chi connectivity index (χ3v) is 3.29. The van der Waals surface area contributed by atoms with Crippen molar-refractivity contribution >= 4 is 0 Å². The molecular formula is C14H19F3N2. The van der Waals surface area contributed by atoms with Gasteiger partial charge < -0.3 is 5.32 Å². The maximum Gasteiger partial charge on any atom is 0.401 e. The predicted molar refractivity (Wildman–Crippen MR) is 69.0 cm³/mol. The minimum Gasteiger partial charge on any atom is -0.312 e. The van der Waals surface area contributed by atoms with Gasteiger partial charge in [-0.3, -0.25) is 4.90 Å². The maximum atomic E-state index is 12.5. The van der Waals surface area contributed by atoms with Crippen molar-refractivity contribution in [3.8, 4) is 0 Å². The zero-order chi connectivity index (χ0) is 13.7. The molecule has 106 valence electrons. The molecule has 0 aliphatic carbocycles. The molecule has 0 bridgehead atoms. The van der Waals surface area contributed by atoms with E-state index in [1.807, 2.05) is 30.3 Å². The monoisotopic (exact) mass is 272 g/mol. The van der Waals surface area contributed by atoms with Crippen LogP contribution in [0.15, 0.2) is 30.3 Å². The molecule has 1 aromatic rings. The van der Waals surface area contributed by atoms with Crippen LogP contribution in [0.2, 0.25) is 0 Å². The molecule has 1 aliphatic heterocycles. The second-order valence-electron chi connectivity index (χ2n) is 5.04. The minimum absolute atomic E-state index is 0.0900. The highest BCUT2D eigenvalue weighted by Gasteiger charge is 2.32. The second kappa shape index (κ2) is 6.39. The van der Waals surface area contributed by atoms with Gasteiger partial charge in [0.25, 0.3) is 0 Å². The Labute approximate surface area is 111 Å². The fourth-order valence-electron chi connectivity index (χ4n) is 2.51. The van der Waals surface area contributed by atoms with Crippen LogP contribution in [0.5, 0.6) is 0 Å². The topological polar surface area (TPSA) is 15.3 Å². The van der Waals surface area contributed by atoms with Gasteiger partial charge in [-0.1, -0.05) is 30.3 Å². The Bertz CT molecular complexity index is 378. The van der Waals surface area contributed by atoms with Crippen LogP contribution in [0.25, 0.3) is 0 Å². The fraction of sp³-hybridized carbons (Fsp3) is 0.571. The standard InChI is InChI=1S/C14H19F3N2/c15-14(16,17)11-19-8-4-7-18-13(10-19)9-12-5-2-1-3-6-12/h1-3,5-6,13,18H,4,7-11H2. The Morgan fingerprint density at radius 1 is 1.21 bits per heavy atom. The smallest absolute Gasteiger partial charge is 0.312 e. The number of alkyl halides is 3. The Kier molecular flexibility index (Phi) is 4.82. The minimum atomic E-state index is -4.11. The van der Waals surface area contributed by atoms with Gasteiger partial charge in [-0.25, -0.2) is 0 Å². The Balaban J connectivity index is 1.93. The van der Waals surface area contributed by atoms with E-state index in [-0.39, 0.29) is 6.04 Å². The maximum absolute atomic E-state index is 12.5. The summed E-state index contributed by atoms with van der Waals surface area (Å²) in [5, 5.41) is 3.34. The van der Waals surface area contributed by atoms with Gasteiger partial charge >= 0.3 is 6.18 Å². The lowest BCUT2D eigenvalue weighted by atomic mass is 10.1. The van der Waals surface area contributed by atoms with Crippen LogP contribution in [-0.4, -0.2) is 43.3 Å². The normalized spacial score (nSPS) is 22.2. The van der Waals surface area contributed by atoms with E-state index >= 15 is 0 Å². The van der Waals surface area contributed by atoms with Crippen molar-refractivity contribution in [2.24, 2.45) is 0 Å². The number of hydrogen-bond donors (Lipinski definition) is 1. The summed E-state index contributed by atoms with van der Waals surface area (Å²) in [5.41, 5.74) is 1.16. The van der Waals surface area contributed by atoms with Crippen molar-refractivity contribution in [1.29, 1.82) is 0 Å². The summed E-state index contributed by atoms with van der Waals surface area (Å²) in [6.07, 6.45) is -2.57. The molecule has 1 fully saturated rings. The van der Waals surface area contributed by atoms with Crippen LogP contribution in [0.4, 0.5) is 13.2 Å². The number of nitrogens with zero attached hydrogens (tertiary/aromatic N) is 1. The highest BCUT2D eigenvalue weighted by atomic mass is 19.4. The molecule has 2 rings (SSSR count). The van der Waals surface area contributed by atoms with Gasteiger partial charge in [0, 0.05) is 12.6 Å². The summed E-state index contributed by atoms with van der Waals surface area (Å²) in [4.78, 5) is 1.51. The summed E-state index contributed by atoms with van der Waals surface area (Å²) < 4.78 is 37.4. The lowest BCUT2D eigenvalue weighted by Crippen LogP contribution is -2.42. The quantitative estimate of drug-likeness (QED) is 0.909. The molecule has 1 atom stereocenters. The van der Waals surface area contributed by atoms with Crippen LogP contribution in [0.3, 0.4) is 0 Å². The molecular weight excluding hydrogens is 253 g/mol. The number of nitrogens with one attached hydrogen (secondary N) is 1. The first-order valence-electron chi connectivity index (χ1n) is 6.59. The van der Waals surface area contributed by atoms with Crippen LogP contribution in [-0.2, 0) is 6.42 Å². The van der Waals surface area contributed by atoms with Gasteiger partial charge in [0.15, 0.2) is 0 Å². The van der Waals surface area contributed by atoms with Crippen LogP contribution in [0, 0.1) is 0 Å². The molecule has 1 heterocycles. The van der Waals surface area contributed by atoms with Crippen LogP contribution >= 0.6 is 0 Å². The highest BCUT2D eigenvalue weighted by Crippen LogP contribution is 2.18. The van der Waals surface area contributed by atoms with E-state index in [2.05, 4.69) is 5.32 Å². The molecule has 0 amide bonds. The third kappa shape index (κ3) is 5.20. The zero-order valence-corrected chi connectivity index (χ0v) is 10.8. The van der Waals surface area contributed by atoms with E-state index in [1.54, 1.807) is 0 Å². The third-order valence-electron chi connectivity index (χ3n) is 3.29. The second-order valence-corrected chi connectivity index (χ2v) is 5.04. The lowest BCUT2D eigenvalue weighted by Gasteiger charge is -2.25. The SMILES string of the molecule is FC(F)(F)CN1CCCNC(Cc2ccccc2)C1. The van der Waals surface area contributed by atoms with Gasteiger partial charge in [-0.2, -0.15) is 13.2 Å². The molecule has 1 unspecified atom stereocenters. The number of benzene rings is 1. The molecule has 1 N–H and O–H groups in total. The first-order chi connectivity index (χ1) is 9.03. The average Bonchev–Trinajstić information content (AvgIpc) is 2.53. The Hall–Kier alpha value is -1.07. The van der Waals surface area contributed by atoms with Crippen molar-refractivity contribution in [2.45, 2.75) is 25.1 Å². The van der Waals surface area contributed by atoms with E-state index in [1.165, 1.54) is 4.90 Å². The first-order valence-corrected chi connectivity index (χ1v) is 6.59. The van der Waals surface area contributed by atoms with E-state index < -0.39 is 12.7 Å². The zero-order valence-electron chi connectivity index (χ0n) is 10.8. The summed E-state index contributed by atoms with van der Waals surface area (Å²) in [7, 11) is 0. The first kappa shape index (κ1) is 14.3. The predicted octanol–water partition coefficient (Wildman–Crippen LogP) is 2.46. The summed E-state index contributed by atoms with van der Waals surface area (Å²) >= 11 is 0. The molecule has 0 spiro atoms. The van der Waals surface area contributed by atoms with Crippen LogP contribution < -0.4 is 5.32 Å². The molecule has 1 saturated heterocycles. The van der Waals surface area contributed by atoms with Gasteiger partial charge in [-0.15, -0.1) is 0 Å². The van der Waals surface area contributed by atoms with E-state index in [0.29, 0.717) is 13.1 Å². The van der Waals surface area contributed by atoms with Crippen molar-refractivity contribution in [2.75, 3.05) is 26.2 Å². The van der Waals surface area contributed by atoms with Gasteiger partial charge in [0.05, 0.1) is 6.54 Å². The van der Waals surface area contributed by atoms with Gasteiger partial charge in [0.1, 0.15) is 0 Å².